The van der Waals surface area contributed by atoms with Gasteiger partial charge in [0.2, 0.25) is 5.91 Å². The van der Waals surface area contributed by atoms with Crippen molar-refractivity contribution in [2.45, 2.75) is 13.5 Å². The first kappa shape index (κ1) is 20.5. The molecule has 31 heavy (non-hydrogen) atoms. The lowest BCUT2D eigenvalue weighted by atomic mass is 10.0. The third kappa shape index (κ3) is 4.24. The Labute approximate surface area is 183 Å². The number of aromatic amines is 1. The van der Waals surface area contributed by atoms with Crippen LogP contribution in [-0.2, 0) is 16.1 Å². The van der Waals surface area contributed by atoms with Gasteiger partial charge in [-0.3, -0.25) is 14.5 Å². The van der Waals surface area contributed by atoms with E-state index in [0.29, 0.717) is 16.3 Å². The normalized spacial score (nSPS) is 10.8. The van der Waals surface area contributed by atoms with Gasteiger partial charge in [-0.05, 0) is 48.1 Å². The van der Waals surface area contributed by atoms with E-state index in [4.69, 9.17) is 17.0 Å². The van der Waals surface area contributed by atoms with E-state index in [-0.39, 0.29) is 18.0 Å². The van der Waals surface area contributed by atoms with E-state index in [1.54, 1.807) is 16.7 Å². The summed E-state index contributed by atoms with van der Waals surface area (Å²) in [7, 11) is 1.31. The Bertz CT molecular complexity index is 1360. The number of benzene rings is 3. The van der Waals surface area contributed by atoms with E-state index in [9.17, 15) is 9.59 Å². The second-order valence-electron chi connectivity index (χ2n) is 7.09. The molecule has 8 heteroatoms. The van der Waals surface area contributed by atoms with Crippen molar-refractivity contribution in [3.63, 3.8) is 0 Å². The average molecular weight is 433 g/mol. The fraction of sp³-hybridized carbons (Fsp3) is 0.130. The number of carbonyl (C=O) groups excluding carboxylic acids is 2. The van der Waals surface area contributed by atoms with Crippen LogP contribution in [0.2, 0.25) is 0 Å². The van der Waals surface area contributed by atoms with Crippen LogP contribution in [0.15, 0.2) is 60.7 Å². The van der Waals surface area contributed by atoms with Crippen LogP contribution in [0.4, 0.5) is 5.69 Å². The number of aromatic nitrogens is 3. The molecule has 0 radical (unpaired) electrons. The molecule has 4 aromatic rings. The van der Waals surface area contributed by atoms with Crippen molar-refractivity contribution in [1.29, 1.82) is 0 Å². The Morgan fingerprint density at radius 1 is 1.10 bits per heavy atom. The van der Waals surface area contributed by atoms with Crippen LogP contribution in [0, 0.1) is 11.7 Å². The number of ether oxygens (including phenoxy) is 1. The summed E-state index contributed by atoms with van der Waals surface area (Å²) in [5, 5.41) is 11.6. The molecule has 0 atom stereocenters. The maximum absolute atomic E-state index is 12.9. The van der Waals surface area contributed by atoms with Gasteiger partial charge in [0.15, 0.2) is 10.6 Å². The molecule has 0 aliphatic carbocycles. The summed E-state index contributed by atoms with van der Waals surface area (Å²) in [6.45, 7) is 1.92. The van der Waals surface area contributed by atoms with Crippen LogP contribution in [0.5, 0.6) is 0 Å². The topological polar surface area (TPSA) is 89.0 Å². The van der Waals surface area contributed by atoms with Crippen molar-refractivity contribution < 1.29 is 14.3 Å². The highest BCUT2D eigenvalue weighted by Crippen LogP contribution is 2.25. The van der Waals surface area contributed by atoms with E-state index in [0.717, 1.165) is 21.9 Å². The molecule has 1 amide bonds. The first-order chi connectivity index (χ1) is 15.0. The molecule has 2 N–H and O–H groups in total. The Kier molecular flexibility index (Phi) is 5.64. The van der Waals surface area contributed by atoms with Crippen molar-refractivity contribution in [1.82, 2.24) is 14.8 Å². The molecule has 1 aromatic heterocycles. The molecule has 0 bridgehead atoms. The summed E-state index contributed by atoms with van der Waals surface area (Å²) in [5.41, 5.74) is 2.58. The number of hydrogen-bond acceptors (Lipinski definition) is 5. The fourth-order valence-corrected chi connectivity index (χ4v) is 3.62. The average Bonchev–Trinajstić information content (AvgIpc) is 3.12. The zero-order valence-electron chi connectivity index (χ0n) is 17.0. The summed E-state index contributed by atoms with van der Waals surface area (Å²) < 4.78 is 6.85. The highest BCUT2D eigenvalue weighted by Gasteiger charge is 2.17. The van der Waals surface area contributed by atoms with Gasteiger partial charge in [-0.15, -0.1) is 0 Å². The monoisotopic (exact) mass is 432 g/mol. The lowest BCUT2D eigenvalue weighted by molar-refractivity contribution is -0.116. The molecule has 0 saturated carbocycles. The molecule has 0 fully saturated rings. The second-order valence-corrected chi connectivity index (χ2v) is 7.48. The standard InChI is InChI=1S/C23H20N4O3S/c1-14-6-5-9-17(10-14)21-25-26-23(31)27(21)13-20(28)24-19-12-16-8-4-3-7-15(16)11-18(19)22(29)30-2/h3-12H,13H2,1-2H3,(H,24,28)(H,26,31). The summed E-state index contributed by atoms with van der Waals surface area (Å²) in [6.07, 6.45) is 0. The number of esters is 1. The van der Waals surface area contributed by atoms with Crippen LogP contribution < -0.4 is 5.32 Å². The Balaban J connectivity index is 1.66. The van der Waals surface area contributed by atoms with Gasteiger partial charge in [0.1, 0.15) is 6.54 Å². The smallest absolute Gasteiger partial charge is 0.339 e. The molecule has 1 heterocycles. The fourth-order valence-electron chi connectivity index (χ4n) is 3.42. The third-order valence-corrected chi connectivity index (χ3v) is 5.21. The molecular weight excluding hydrogens is 412 g/mol. The number of hydrogen-bond donors (Lipinski definition) is 2. The number of aryl methyl sites for hydroxylation is 1. The van der Waals surface area contributed by atoms with Crippen molar-refractivity contribution in [3.05, 3.63) is 76.6 Å². The van der Waals surface area contributed by atoms with E-state index in [1.807, 2.05) is 55.5 Å². The molecule has 0 aliphatic heterocycles. The molecule has 0 spiro atoms. The lowest BCUT2D eigenvalue weighted by Gasteiger charge is -2.13. The molecule has 3 aromatic carbocycles. The maximum atomic E-state index is 12.9. The SMILES string of the molecule is COC(=O)c1cc2ccccc2cc1NC(=O)Cn1c(-c2cccc(C)c2)n[nH]c1=S. The number of H-pyrrole nitrogens is 1. The number of nitrogens with zero attached hydrogens (tertiary/aromatic N) is 2. The molecule has 7 nitrogen and oxygen atoms in total. The van der Waals surface area contributed by atoms with Gasteiger partial charge in [-0.2, -0.15) is 5.10 Å². The summed E-state index contributed by atoms with van der Waals surface area (Å²) in [6, 6.07) is 18.8. The zero-order valence-corrected chi connectivity index (χ0v) is 17.8. The maximum Gasteiger partial charge on any atom is 0.339 e. The third-order valence-electron chi connectivity index (χ3n) is 4.90. The number of carbonyl (C=O) groups is 2. The number of fused-ring (bicyclic) bond motifs is 1. The molecular formula is C23H20N4O3S. The number of anilines is 1. The quantitative estimate of drug-likeness (QED) is 0.358. The van der Waals surface area contributed by atoms with Crippen molar-refractivity contribution in [3.8, 4) is 11.4 Å². The Morgan fingerprint density at radius 2 is 1.84 bits per heavy atom. The minimum absolute atomic E-state index is 0.0634. The summed E-state index contributed by atoms with van der Waals surface area (Å²) in [4.78, 5) is 25.2. The van der Waals surface area contributed by atoms with Gasteiger partial charge in [0, 0.05) is 5.56 Å². The Hall–Kier alpha value is -3.78. The molecule has 0 unspecified atom stereocenters. The minimum Gasteiger partial charge on any atom is -0.465 e. The molecule has 0 aliphatic rings. The van der Waals surface area contributed by atoms with Gasteiger partial charge in [0.25, 0.3) is 0 Å². The van der Waals surface area contributed by atoms with Gasteiger partial charge in [-0.1, -0.05) is 48.0 Å². The van der Waals surface area contributed by atoms with Gasteiger partial charge < -0.3 is 10.1 Å². The van der Waals surface area contributed by atoms with Crippen molar-refractivity contribution >= 4 is 40.6 Å². The van der Waals surface area contributed by atoms with Crippen molar-refractivity contribution in [2.75, 3.05) is 12.4 Å². The van der Waals surface area contributed by atoms with Crippen molar-refractivity contribution in [2.24, 2.45) is 0 Å². The van der Waals surface area contributed by atoms with Crippen LogP contribution in [0.1, 0.15) is 15.9 Å². The molecule has 156 valence electrons. The van der Waals surface area contributed by atoms with Gasteiger partial charge >= 0.3 is 5.97 Å². The predicted molar refractivity (Wildman–Crippen MR) is 122 cm³/mol. The van der Waals surface area contributed by atoms with Gasteiger partial charge in [0.05, 0.1) is 18.4 Å². The second kappa shape index (κ2) is 8.53. The number of methoxy groups -OCH3 is 1. The van der Waals surface area contributed by atoms with E-state index in [1.165, 1.54) is 7.11 Å². The van der Waals surface area contributed by atoms with E-state index >= 15 is 0 Å². The van der Waals surface area contributed by atoms with Crippen LogP contribution in [0.3, 0.4) is 0 Å². The number of rotatable bonds is 5. The first-order valence-corrected chi connectivity index (χ1v) is 10.0. The van der Waals surface area contributed by atoms with Crippen LogP contribution in [-0.4, -0.2) is 33.8 Å². The van der Waals surface area contributed by atoms with Crippen LogP contribution in [0.25, 0.3) is 22.2 Å². The highest BCUT2D eigenvalue weighted by molar-refractivity contribution is 7.71. The number of nitrogens with one attached hydrogen (secondary N) is 2. The molecule has 4 rings (SSSR count). The summed E-state index contributed by atoms with van der Waals surface area (Å²) in [5.74, 6) is -0.302. The van der Waals surface area contributed by atoms with Gasteiger partial charge in [-0.25, -0.2) is 4.79 Å². The predicted octanol–water partition coefficient (Wildman–Crippen LogP) is 4.49. The number of amides is 1. The van der Waals surface area contributed by atoms with E-state index in [2.05, 4.69) is 15.5 Å². The van der Waals surface area contributed by atoms with E-state index < -0.39 is 5.97 Å². The lowest BCUT2D eigenvalue weighted by Crippen LogP contribution is -2.21. The Morgan fingerprint density at radius 3 is 2.55 bits per heavy atom. The zero-order chi connectivity index (χ0) is 22.0. The summed E-state index contributed by atoms with van der Waals surface area (Å²) >= 11 is 5.33. The highest BCUT2D eigenvalue weighted by atomic mass is 32.1. The largest absolute Gasteiger partial charge is 0.465 e. The first-order valence-electron chi connectivity index (χ1n) is 9.59. The van der Waals surface area contributed by atoms with Crippen LogP contribution >= 0.6 is 12.2 Å². The minimum atomic E-state index is -0.526. The molecule has 0 saturated heterocycles.